The Kier molecular flexibility index (Phi) is 4.55. The Balaban J connectivity index is 2.59. The first-order chi connectivity index (χ1) is 10.1. The number of rotatable bonds is 4. The van der Waals surface area contributed by atoms with Gasteiger partial charge in [0.25, 0.3) is 0 Å². The summed E-state index contributed by atoms with van der Waals surface area (Å²) in [5.41, 5.74) is 5.95. The highest BCUT2D eigenvalue weighted by molar-refractivity contribution is 6.19. The maximum Gasteiger partial charge on any atom is 0.338 e. The largest absolute Gasteiger partial charge is 0.468 e. The predicted molar refractivity (Wildman–Crippen MR) is 73.7 cm³/mol. The van der Waals surface area contributed by atoms with Crippen LogP contribution >= 0.6 is 11.6 Å². The van der Waals surface area contributed by atoms with Crippen LogP contribution in [0.1, 0.15) is 18.6 Å². The summed E-state index contributed by atoms with van der Waals surface area (Å²) in [4.78, 5) is 12.2. The van der Waals surface area contributed by atoms with Crippen LogP contribution in [0.3, 0.4) is 0 Å². The summed E-state index contributed by atoms with van der Waals surface area (Å²) in [6, 6.07) is 5.24. The number of esters is 1. The molecule has 0 bridgehead atoms. The fourth-order valence-electron chi connectivity index (χ4n) is 2.09. The van der Waals surface area contributed by atoms with Crippen molar-refractivity contribution in [3.8, 4) is 6.07 Å². The molecule has 0 aliphatic carbocycles. The third-order valence-corrected chi connectivity index (χ3v) is 3.18. The van der Waals surface area contributed by atoms with E-state index in [-0.39, 0.29) is 35.3 Å². The topological polar surface area (TPSA) is 98.5 Å². The summed E-state index contributed by atoms with van der Waals surface area (Å²) in [5, 5.41) is 9.30. The first-order valence-corrected chi connectivity index (χ1v) is 6.74. The van der Waals surface area contributed by atoms with E-state index in [1.807, 2.05) is 6.07 Å². The van der Waals surface area contributed by atoms with Crippen LogP contribution in [0.4, 0.5) is 0 Å². The summed E-state index contributed by atoms with van der Waals surface area (Å²) < 4.78 is 15.6. The van der Waals surface area contributed by atoms with Gasteiger partial charge in [-0.2, -0.15) is 5.26 Å². The lowest BCUT2D eigenvalue weighted by molar-refractivity contribution is -0.139. The molecule has 7 heteroatoms. The van der Waals surface area contributed by atoms with Crippen molar-refractivity contribution in [1.29, 1.82) is 5.26 Å². The molecule has 0 radical (unpaired) electrons. The SMILES string of the molecule is CCOC(=O)C1=C(CCl)OC(N)=C(C#N)C1c1ccco1. The highest BCUT2D eigenvalue weighted by Gasteiger charge is 2.38. The third-order valence-electron chi connectivity index (χ3n) is 2.94. The molecule has 0 saturated carbocycles. The zero-order valence-corrected chi connectivity index (χ0v) is 12.0. The molecule has 110 valence electrons. The fraction of sp³-hybridized carbons (Fsp3) is 0.286. The van der Waals surface area contributed by atoms with Crippen LogP contribution in [0.5, 0.6) is 0 Å². The summed E-state index contributed by atoms with van der Waals surface area (Å²) >= 11 is 5.82. The number of carbonyl (C=O) groups excluding carboxylic acids is 1. The Morgan fingerprint density at radius 3 is 2.90 bits per heavy atom. The van der Waals surface area contributed by atoms with Crippen molar-refractivity contribution >= 4 is 17.6 Å². The van der Waals surface area contributed by atoms with Gasteiger partial charge in [0.2, 0.25) is 5.88 Å². The molecule has 0 spiro atoms. The van der Waals surface area contributed by atoms with Gasteiger partial charge in [0.05, 0.1) is 30.2 Å². The van der Waals surface area contributed by atoms with Crippen LogP contribution in [0.2, 0.25) is 0 Å². The van der Waals surface area contributed by atoms with Gasteiger partial charge in [-0.3, -0.25) is 0 Å². The molecule has 0 saturated heterocycles. The Bertz CT molecular complexity index is 640. The van der Waals surface area contributed by atoms with E-state index < -0.39 is 11.9 Å². The minimum Gasteiger partial charge on any atom is -0.468 e. The maximum atomic E-state index is 12.2. The molecule has 2 rings (SSSR count). The molecule has 0 amide bonds. The molecule has 1 atom stereocenters. The number of nitrogens with two attached hydrogens (primary N) is 1. The number of nitriles is 1. The van der Waals surface area contributed by atoms with E-state index in [4.69, 9.17) is 31.2 Å². The van der Waals surface area contributed by atoms with Crippen molar-refractivity contribution < 1.29 is 18.7 Å². The lowest BCUT2D eigenvalue weighted by atomic mass is 9.87. The molecule has 1 aliphatic rings. The number of hydrogen-bond acceptors (Lipinski definition) is 6. The summed E-state index contributed by atoms with van der Waals surface area (Å²) in [7, 11) is 0. The molecule has 6 nitrogen and oxygen atoms in total. The highest BCUT2D eigenvalue weighted by atomic mass is 35.5. The van der Waals surface area contributed by atoms with Crippen molar-refractivity contribution in [3.05, 3.63) is 46.9 Å². The molecule has 1 unspecified atom stereocenters. The first-order valence-electron chi connectivity index (χ1n) is 6.21. The summed E-state index contributed by atoms with van der Waals surface area (Å²) in [6.45, 7) is 1.86. The van der Waals surface area contributed by atoms with Crippen LogP contribution in [0.15, 0.2) is 45.6 Å². The van der Waals surface area contributed by atoms with E-state index in [0.717, 1.165) is 0 Å². The van der Waals surface area contributed by atoms with E-state index in [1.165, 1.54) is 6.26 Å². The van der Waals surface area contributed by atoms with Gasteiger partial charge in [-0.15, -0.1) is 11.6 Å². The van der Waals surface area contributed by atoms with E-state index in [2.05, 4.69) is 0 Å². The van der Waals surface area contributed by atoms with Crippen molar-refractivity contribution in [2.45, 2.75) is 12.8 Å². The molecule has 21 heavy (non-hydrogen) atoms. The second-order valence-electron chi connectivity index (χ2n) is 4.13. The molecular weight excluding hydrogens is 296 g/mol. The van der Waals surface area contributed by atoms with E-state index in [9.17, 15) is 10.1 Å². The zero-order chi connectivity index (χ0) is 15.4. The van der Waals surface area contributed by atoms with E-state index in [0.29, 0.717) is 5.76 Å². The minimum absolute atomic E-state index is 0.0786. The Morgan fingerprint density at radius 1 is 1.62 bits per heavy atom. The lowest BCUT2D eigenvalue weighted by Crippen LogP contribution is -2.26. The summed E-state index contributed by atoms with van der Waals surface area (Å²) in [6.07, 6.45) is 1.44. The van der Waals surface area contributed by atoms with Crippen molar-refractivity contribution in [2.75, 3.05) is 12.5 Å². The minimum atomic E-state index is -0.786. The van der Waals surface area contributed by atoms with Gasteiger partial charge in [-0.05, 0) is 19.1 Å². The maximum absolute atomic E-state index is 12.2. The van der Waals surface area contributed by atoms with Gasteiger partial charge in [-0.25, -0.2) is 4.79 Å². The molecule has 1 aliphatic heterocycles. The van der Waals surface area contributed by atoms with Crippen molar-refractivity contribution in [3.63, 3.8) is 0 Å². The fourth-order valence-corrected chi connectivity index (χ4v) is 2.29. The Hall–Kier alpha value is -2.39. The summed E-state index contributed by atoms with van der Waals surface area (Å²) in [5.74, 6) is -1.02. The third kappa shape index (κ3) is 2.73. The number of halogens is 1. The molecule has 0 aromatic carbocycles. The van der Waals surface area contributed by atoms with Crippen LogP contribution < -0.4 is 5.73 Å². The van der Waals surface area contributed by atoms with Crippen LogP contribution in [0, 0.1) is 11.3 Å². The van der Waals surface area contributed by atoms with E-state index >= 15 is 0 Å². The van der Waals surface area contributed by atoms with Gasteiger partial charge in [0, 0.05) is 0 Å². The number of allylic oxidation sites excluding steroid dienone is 2. The van der Waals surface area contributed by atoms with Crippen molar-refractivity contribution in [1.82, 2.24) is 0 Å². The van der Waals surface area contributed by atoms with Crippen LogP contribution in [-0.2, 0) is 14.3 Å². The smallest absolute Gasteiger partial charge is 0.338 e. The van der Waals surface area contributed by atoms with Crippen molar-refractivity contribution in [2.24, 2.45) is 5.73 Å². The standard InChI is InChI=1S/C14H13ClN2O4/c1-2-19-14(18)12-10(6-15)21-13(17)8(7-16)11(12)9-4-3-5-20-9/h3-5,11H,2,6,17H2,1H3. The molecule has 2 N–H and O–H groups in total. The van der Waals surface area contributed by atoms with Gasteiger partial charge >= 0.3 is 5.97 Å². The monoisotopic (exact) mass is 308 g/mol. The van der Waals surface area contributed by atoms with Crippen LogP contribution in [0.25, 0.3) is 0 Å². The highest BCUT2D eigenvalue weighted by Crippen LogP contribution is 2.40. The average molecular weight is 309 g/mol. The molecular formula is C14H13ClN2O4. The number of alkyl halides is 1. The number of carbonyl (C=O) groups is 1. The average Bonchev–Trinajstić information content (AvgIpc) is 2.99. The van der Waals surface area contributed by atoms with Gasteiger partial charge in [0.1, 0.15) is 23.2 Å². The van der Waals surface area contributed by atoms with Gasteiger partial charge in [0.15, 0.2) is 0 Å². The van der Waals surface area contributed by atoms with E-state index in [1.54, 1.807) is 19.1 Å². The normalized spacial score (nSPS) is 18.2. The number of nitrogens with zero attached hydrogens (tertiary/aromatic N) is 1. The number of furan rings is 1. The molecule has 0 fully saturated rings. The predicted octanol–water partition coefficient (Wildman–Crippen LogP) is 2.14. The lowest BCUT2D eigenvalue weighted by Gasteiger charge is -2.25. The number of hydrogen-bond donors (Lipinski definition) is 1. The second kappa shape index (κ2) is 6.37. The number of ether oxygens (including phenoxy) is 2. The molecule has 2 heterocycles. The molecule has 1 aromatic rings. The molecule has 1 aromatic heterocycles. The van der Waals surface area contributed by atoms with Crippen LogP contribution in [-0.4, -0.2) is 18.5 Å². The quantitative estimate of drug-likeness (QED) is 0.676. The van der Waals surface area contributed by atoms with Gasteiger partial charge in [-0.1, -0.05) is 0 Å². The zero-order valence-electron chi connectivity index (χ0n) is 11.3. The van der Waals surface area contributed by atoms with Gasteiger partial charge < -0.3 is 19.6 Å². The second-order valence-corrected chi connectivity index (χ2v) is 4.40. The Morgan fingerprint density at radius 2 is 2.38 bits per heavy atom. The first kappa shape index (κ1) is 15.0. The Labute approximate surface area is 126 Å².